The molecular formula is C23H29N5O3. The van der Waals surface area contributed by atoms with Gasteiger partial charge in [-0.3, -0.25) is 24.3 Å². The topological polar surface area (TPSA) is 103 Å². The molecule has 2 fully saturated rings. The second-order valence-corrected chi connectivity index (χ2v) is 8.24. The highest BCUT2D eigenvalue weighted by Gasteiger charge is 2.58. The van der Waals surface area contributed by atoms with Gasteiger partial charge in [0.05, 0.1) is 11.8 Å². The Bertz CT molecular complexity index is 911. The number of amides is 3. The molecule has 3 N–H and O–H groups in total. The van der Waals surface area contributed by atoms with Crippen molar-refractivity contribution in [2.75, 3.05) is 26.7 Å². The quantitative estimate of drug-likeness (QED) is 0.262. The van der Waals surface area contributed by atoms with Gasteiger partial charge in [-0.25, -0.2) is 0 Å². The number of benzene rings is 1. The Morgan fingerprint density at radius 2 is 1.81 bits per heavy atom. The van der Waals surface area contributed by atoms with E-state index in [1.165, 1.54) is 4.90 Å². The number of carbonyl (C=O) groups is 3. The molecule has 1 saturated carbocycles. The Balaban J connectivity index is 1.26. The summed E-state index contributed by atoms with van der Waals surface area (Å²) in [5.41, 5.74) is 1.57. The lowest BCUT2D eigenvalue weighted by Gasteiger charge is -2.18. The summed E-state index contributed by atoms with van der Waals surface area (Å²) in [5, 5.41) is 9.16. The zero-order valence-corrected chi connectivity index (χ0v) is 17.9. The fourth-order valence-electron chi connectivity index (χ4n) is 4.96. The molecule has 31 heavy (non-hydrogen) atoms. The van der Waals surface area contributed by atoms with Crippen molar-refractivity contribution in [1.29, 1.82) is 0 Å². The average Bonchev–Trinajstić information content (AvgIpc) is 3.46. The first-order chi connectivity index (χ1) is 15.0. The Hall–Kier alpha value is -3.16. The van der Waals surface area contributed by atoms with Crippen molar-refractivity contribution in [3.05, 3.63) is 47.5 Å². The molecule has 4 rings (SSSR count). The van der Waals surface area contributed by atoms with Gasteiger partial charge in [-0.2, -0.15) is 0 Å². The van der Waals surface area contributed by atoms with E-state index in [1.54, 1.807) is 13.1 Å². The van der Waals surface area contributed by atoms with Gasteiger partial charge in [0.25, 0.3) is 5.91 Å². The lowest BCUT2D eigenvalue weighted by Crippen LogP contribution is -2.43. The maximum Gasteiger partial charge on any atom is 0.251 e. The number of nitrogens with one attached hydrogen (secondary N) is 3. The molecule has 0 aromatic heterocycles. The van der Waals surface area contributed by atoms with Crippen LogP contribution in [0.4, 0.5) is 0 Å². The summed E-state index contributed by atoms with van der Waals surface area (Å²) in [4.78, 5) is 43.1. The molecule has 1 aromatic carbocycles. The fraction of sp³-hybridized carbons (Fsp3) is 0.478. The lowest BCUT2D eigenvalue weighted by molar-refractivity contribution is -0.140. The number of allylic oxidation sites excluding steroid dienone is 2. The number of hydrogen-bond acceptors (Lipinski definition) is 4. The fourth-order valence-corrected chi connectivity index (χ4v) is 4.96. The van der Waals surface area contributed by atoms with Crippen LogP contribution < -0.4 is 16.0 Å². The number of imide groups is 1. The third-order valence-corrected chi connectivity index (χ3v) is 6.40. The summed E-state index contributed by atoms with van der Waals surface area (Å²) < 4.78 is 0. The van der Waals surface area contributed by atoms with Crippen LogP contribution in [0.3, 0.4) is 0 Å². The van der Waals surface area contributed by atoms with Crippen LogP contribution in [0, 0.1) is 23.7 Å². The molecule has 1 aromatic rings. The van der Waals surface area contributed by atoms with E-state index in [0.29, 0.717) is 37.7 Å². The van der Waals surface area contributed by atoms with Crippen LogP contribution in [-0.2, 0) is 16.1 Å². The number of guanidine groups is 1. The summed E-state index contributed by atoms with van der Waals surface area (Å²) in [7, 11) is 1.67. The highest BCUT2D eigenvalue weighted by Crippen LogP contribution is 2.52. The van der Waals surface area contributed by atoms with Gasteiger partial charge in [-0.1, -0.05) is 24.3 Å². The molecular weight excluding hydrogens is 394 g/mol. The van der Waals surface area contributed by atoms with E-state index < -0.39 is 0 Å². The summed E-state index contributed by atoms with van der Waals surface area (Å²) in [6.07, 6.45) is 5.15. The van der Waals surface area contributed by atoms with Gasteiger partial charge in [-0.05, 0) is 42.9 Å². The zero-order valence-electron chi connectivity index (χ0n) is 17.9. The van der Waals surface area contributed by atoms with E-state index in [-0.39, 0.29) is 41.4 Å². The molecule has 0 spiro atoms. The first-order valence-electron chi connectivity index (χ1n) is 10.9. The number of nitrogens with zero attached hydrogens (tertiary/aromatic N) is 2. The average molecular weight is 424 g/mol. The first-order valence-corrected chi connectivity index (χ1v) is 10.9. The third kappa shape index (κ3) is 4.06. The Kier molecular flexibility index (Phi) is 6.06. The molecule has 8 nitrogen and oxygen atoms in total. The van der Waals surface area contributed by atoms with Crippen molar-refractivity contribution < 1.29 is 14.4 Å². The van der Waals surface area contributed by atoms with Crippen LogP contribution in [0.25, 0.3) is 0 Å². The van der Waals surface area contributed by atoms with Crippen molar-refractivity contribution in [2.45, 2.75) is 19.9 Å². The predicted octanol–water partition coefficient (Wildman–Crippen LogP) is 0.908. The second kappa shape index (κ2) is 8.91. The van der Waals surface area contributed by atoms with E-state index in [9.17, 15) is 14.4 Å². The van der Waals surface area contributed by atoms with E-state index in [2.05, 4.69) is 33.1 Å². The maximum absolute atomic E-state index is 12.7. The molecule has 2 aliphatic carbocycles. The van der Waals surface area contributed by atoms with E-state index in [0.717, 1.165) is 12.0 Å². The largest absolute Gasteiger partial charge is 0.355 e. The molecule has 2 bridgehead atoms. The SMILES string of the molecule is CCNC(=O)c1cccc(CNC(=NC)NCCN2C(=O)C3C4C=CC(C4)C3C2=O)c1. The van der Waals surface area contributed by atoms with Gasteiger partial charge in [0, 0.05) is 38.8 Å². The summed E-state index contributed by atoms with van der Waals surface area (Å²) in [6, 6.07) is 7.41. The zero-order chi connectivity index (χ0) is 22.0. The van der Waals surface area contributed by atoms with Crippen LogP contribution in [0.5, 0.6) is 0 Å². The van der Waals surface area contributed by atoms with Gasteiger partial charge in [0.2, 0.25) is 11.8 Å². The molecule has 1 aliphatic heterocycles. The molecule has 4 unspecified atom stereocenters. The molecule has 1 saturated heterocycles. The van der Waals surface area contributed by atoms with Crippen molar-refractivity contribution in [3.8, 4) is 0 Å². The summed E-state index contributed by atoms with van der Waals surface area (Å²) in [6.45, 7) is 3.72. The molecule has 3 amide bonds. The monoisotopic (exact) mass is 423 g/mol. The van der Waals surface area contributed by atoms with E-state index in [4.69, 9.17) is 0 Å². The second-order valence-electron chi connectivity index (χ2n) is 8.24. The normalized spacial score (nSPS) is 26.4. The highest BCUT2D eigenvalue weighted by atomic mass is 16.2. The Morgan fingerprint density at radius 3 is 2.45 bits per heavy atom. The van der Waals surface area contributed by atoms with Crippen molar-refractivity contribution in [2.24, 2.45) is 28.7 Å². The minimum absolute atomic E-state index is 0.0289. The lowest BCUT2D eigenvalue weighted by atomic mass is 9.85. The van der Waals surface area contributed by atoms with Crippen LogP contribution >= 0.6 is 0 Å². The third-order valence-electron chi connectivity index (χ3n) is 6.40. The number of carbonyl (C=O) groups excluding carboxylic acids is 3. The first kappa shape index (κ1) is 21.1. The Morgan fingerprint density at radius 1 is 1.10 bits per heavy atom. The van der Waals surface area contributed by atoms with Crippen molar-refractivity contribution in [3.63, 3.8) is 0 Å². The van der Waals surface area contributed by atoms with Crippen LogP contribution in [-0.4, -0.2) is 55.3 Å². The van der Waals surface area contributed by atoms with Crippen molar-refractivity contribution in [1.82, 2.24) is 20.9 Å². The van der Waals surface area contributed by atoms with Gasteiger partial charge in [0.15, 0.2) is 5.96 Å². The molecule has 8 heteroatoms. The maximum atomic E-state index is 12.7. The molecule has 4 atom stereocenters. The van der Waals surface area contributed by atoms with Crippen molar-refractivity contribution >= 4 is 23.7 Å². The molecule has 164 valence electrons. The Labute approximate surface area is 182 Å². The summed E-state index contributed by atoms with van der Waals surface area (Å²) >= 11 is 0. The van der Waals surface area contributed by atoms with E-state index >= 15 is 0 Å². The van der Waals surface area contributed by atoms with Gasteiger partial charge < -0.3 is 16.0 Å². The van der Waals surface area contributed by atoms with Gasteiger partial charge >= 0.3 is 0 Å². The number of fused-ring (bicyclic) bond motifs is 5. The molecule has 1 heterocycles. The minimum Gasteiger partial charge on any atom is -0.355 e. The van der Waals surface area contributed by atoms with Gasteiger partial charge in [-0.15, -0.1) is 0 Å². The molecule has 3 aliphatic rings. The van der Waals surface area contributed by atoms with Crippen LogP contribution in [0.1, 0.15) is 29.3 Å². The van der Waals surface area contributed by atoms with Crippen LogP contribution in [0.15, 0.2) is 41.4 Å². The molecule has 0 radical (unpaired) electrons. The summed E-state index contributed by atoms with van der Waals surface area (Å²) in [5.74, 6) is 0.569. The smallest absolute Gasteiger partial charge is 0.251 e. The minimum atomic E-state index is -0.155. The highest BCUT2D eigenvalue weighted by molar-refractivity contribution is 6.06. The number of hydrogen-bond donors (Lipinski definition) is 3. The standard InChI is InChI=1S/C23H29N5O3/c1-3-25-20(29)17-6-4-5-14(11-17)13-27-23(24-2)26-9-10-28-21(30)18-15-7-8-16(12-15)19(18)22(28)31/h4-8,11,15-16,18-19H,3,9-10,12-13H2,1-2H3,(H,25,29)(H2,24,26,27). The number of likely N-dealkylation sites (tertiary alicyclic amines) is 1. The van der Waals surface area contributed by atoms with Crippen LogP contribution in [0.2, 0.25) is 0 Å². The van der Waals surface area contributed by atoms with E-state index in [1.807, 2.05) is 25.1 Å². The predicted molar refractivity (Wildman–Crippen MR) is 117 cm³/mol. The number of rotatable bonds is 7. The number of aliphatic imine (C=N–C) groups is 1. The van der Waals surface area contributed by atoms with Gasteiger partial charge in [0.1, 0.15) is 0 Å².